The summed E-state index contributed by atoms with van der Waals surface area (Å²) in [5.41, 5.74) is 9.10. The van der Waals surface area contributed by atoms with Crippen molar-refractivity contribution < 1.29 is 9.18 Å². The molecule has 110 valence electrons. The first-order valence-electron chi connectivity index (χ1n) is 7.08. The summed E-state index contributed by atoms with van der Waals surface area (Å²) in [5.74, 6) is -0.683. The van der Waals surface area contributed by atoms with Crippen LogP contribution in [0.1, 0.15) is 17.7 Å². The Morgan fingerprint density at radius 3 is 2.86 bits per heavy atom. The second-order valence-electron chi connectivity index (χ2n) is 5.67. The van der Waals surface area contributed by atoms with Gasteiger partial charge in [-0.25, -0.2) is 4.39 Å². The minimum absolute atomic E-state index is 0.138. The van der Waals surface area contributed by atoms with E-state index in [2.05, 4.69) is 9.88 Å². The highest BCUT2D eigenvalue weighted by atomic mass is 19.1. The van der Waals surface area contributed by atoms with Crippen molar-refractivity contribution in [2.75, 3.05) is 18.0 Å². The average molecular weight is 287 g/mol. The number of rotatable bonds is 2. The molecule has 2 N–H and O–H groups in total. The lowest BCUT2D eigenvalue weighted by molar-refractivity contribution is -0.121. The Hall–Kier alpha value is -2.17. The number of anilines is 1. The molecular weight excluding hydrogens is 269 g/mol. The minimum atomic E-state index is -0.278. The number of nitrogens with two attached hydrogens (primary N) is 1. The van der Waals surface area contributed by atoms with E-state index in [0.717, 1.165) is 40.8 Å². The van der Waals surface area contributed by atoms with Crippen LogP contribution in [-0.2, 0) is 4.79 Å². The van der Waals surface area contributed by atoms with E-state index >= 15 is 0 Å². The Kier molecular flexibility index (Phi) is 3.27. The number of aromatic nitrogens is 1. The molecule has 1 fully saturated rings. The SMILES string of the molecule is Cc1nc2ccc(F)cc2c(N2CC[C@H](C(N)=O)C2)c1C. The predicted molar refractivity (Wildman–Crippen MR) is 80.7 cm³/mol. The number of aryl methyl sites for hydroxylation is 1. The molecule has 21 heavy (non-hydrogen) atoms. The largest absolute Gasteiger partial charge is 0.370 e. The number of fused-ring (bicyclic) bond motifs is 1. The van der Waals surface area contributed by atoms with E-state index in [9.17, 15) is 9.18 Å². The third kappa shape index (κ3) is 2.33. The first-order chi connectivity index (χ1) is 9.97. The zero-order valence-corrected chi connectivity index (χ0v) is 12.2. The summed E-state index contributed by atoms with van der Waals surface area (Å²) < 4.78 is 13.6. The molecule has 0 aliphatic carbocycles. The summed E-state index contributed by atoms with van der Waals surface area (Å²) in [7, 11) is 0. The number of amides is 1. The second kappa shape index (κ2) is 4.98. The fourth-order valence-corrected chi connectivity index (χ4v) is 3.04. The summed E-state index contributed by atoms with van der Waals surface area (Å²) in [6.07, 6.45) is 0.743. The van der Waals surface area contributed by atoms with Crippen LogP contribution in [0, 0.1) is 25.6 Å². The lowest BCUT2D eigenvalue weighted by Gasteiger charge is -2.23. The van der Waals surface area contributed by atoms with Gasteiger partial charge in [0.05, 0.1) is 17.1 Å². The van der Waals surface area contributed by atoms with Crippen LogP contribution in [-0.4, -0.2) is 24.0 Å². The minimum Gasteiger partial charge on any atom is -0.370 e. The fraction of sp³-hybridized carbons (Fsp3) is 0.375. The van der Waals surface area contributed by atoms with Crippen LogP contribution in [0.3, 0.4) is 0 Å². The molecule has 1 amide bonds. The number of pyridine rings is 1. The number of hydrogen-bond acceptors (Lipinski definition) is 3. The molecule has 1 aliphatic rings. The first kappa shape index (κ1) is 13.8. The van der Waals surface area contributed by atoms with E-state index in [4.69, 9.17) is 5.73 Å². The molecule has 0 saturated carbocycles. The average Bonchev–Trinajstić information content (AvgIpc) is 2.90. The topological polar surface area (TPSA) is 59.2 Å². The van der Waals surface area contributed by atoms with Crippen molar-refractivity contribution in [3.8, 4) is 0 Å². The smallest absolute Gasteiger partial charge is 0.222 e. The highest BCUT2D eigenvalue weighted by molar-refractivity contribution is 5.94. The number of nitrogens with zero attached hydrogens (tertiary/aromatic N) is 2. The lowest BCUT2D eigenvalue weighted by atomic mass is 10.1. The van der Waals surface area contributed by atoms with E-state index < -0.39 is 0 Å². The Bertz CT molecular complexity index is 729. The molecule has 1 aliphatic heterocycles. The Balaban J connectivity index is 2.15. The van der Waals surface area contributed by atoms with Crippen molar-refractivity contribution in [2.24, 2.45) is 11.7 Å². The van der Waals surface area contributed by atoms with Gasteiger partial charge in [-0.2, -0.15) is 0 Å². The highest BCUT2D eigenvalue weighted by Crippen LogP contribution is 2.34. The van der Waals surface area contributed by atoms with Gasteiger partial charge in [-0.15, -0.1) is 0 Å². The van der Waals surface area contributed by atoms with Crippen molar-refractivity contribution in [1.82, 2.24) is 4.98 Å². The third-order valence-electron chi connectivity index (χ3n) is 4.31. The van der Waals surface area contributed by atoms with Gasteiger partial charge in [0.15, 0.2) is 0 Å². The van der Waals surface area contributed by atoms with Gasteiger partial charge in [-0.1, -0.05) is 0 Å². The van der Waals surface area contributed by atoms with Gasteiger partial charge in [0.25, 0.3) is 0 Å². The van der Waals surface area contributed by atoms with Crippen LogP contribution in [0.2, 0.25) is 0 Å². The molecule has 0 radical (unpaired) electrons. The molecule has 0 bridgehead atoms. The molecular formula is C16H18FN3O. The zero-order valence-electron chi connectivity index (χ0n) is 12.2. The summed E-state index contributed by atoms with van der Waals surface area (Å²) in [4.78, 5) is 18.0. The van der Waals surface area contributed by atoms with Crippen LogP contribution in [0.15, 0.2) is 18.2 Å². The van der Waals surface area contributed by atoms with Crippen molar-refractivity contribution >= 4 is 22.5 Å². The maximum Gasteiger partial charge on any atom is 0.222 e. The zero-order chi connectivity index (χ0) is 15.1. The maximum atomic E-state index is 13.6. The third-order valence-corrected chi connectivity index (χ3v) is 4.31. The molecule has 0 spiro atoms. The molecule has 4 nitrogen and oxygen atoms in total. The molecule has 3 rings (SSSR count). The maximum absolute atomic E-state index is 13.6. The quantitative estimate of drug-likeness (QED) is 0.922. The molecule has 0 unspecified atom stereocenters. The van der Waals surface area contributed by atoms with Crippen LogP contribution < -0.4 is 10.6 Å². The van der Waals surface area contributed by atoms with Gasteiger partial charge in [0.2, 0.25) is 5.91 Å². The molecule has 1 aromatic heterocycles. The number of carbonyl (C=O) groups excluding carboxylic acids is 1. The fourth-order valence-electron chi connectivity index (χ4n) is 3.04. The van der Waals surface area contributed by atoms with Crippen molar-refractivity contribution in [3.05, 3.63) is 35.3 Å². The second-order valence-corrected chi connectivity index (χ2v) is 5.67. The van der Waals surface area contributed by atoms with E-state index in [1.54, 1.807) is 6.07 Å². The number of primary amides is 1. The van der Waals surface area contributed by atoms with E-state index in [1.165, 1.54) is 12.1 Å². The van der Waals surface area contributed by atoms with Gasteiger partial charge in [0, 0.05) is 24.2 Å². The van der Waals surface area contributed by atoms with Gasteiger partial charge in [-0.3, -0.25) is 9.78 Å². The van der Waals surface area contributed by atoms with Crippen LogP contribution in [0.5, 0.6) is 0 Å². The number of benzene rings is 1. The van der Waals surface area contributed by atoms with Crippen LogP contribution >= 0.6 is 0 Å². The Morgan fingerprint density at radius 2 is 2.19 bits per heavy atom. The predicted octanol–water partition coefficient (Wildman–Crippen LogP) is 2.30. The molecule has 2 aromatic rings. The van der Waals surface area contributed by atoms with Gasteiger partial charge >= 0.3 is 0 Å². The molecule has 1 saturated heterocycles. The van der Waals surface area contributed by atoms with Gasteiger partial charge in [-0.05, 0) is 44.0 Å². The van der Waals surface area contributed by atoms with Crippen LogP contribution in [0.4, 0.5) is 10.1 Å². The van der Waals surface area contributed by atoms with E-state index in [-0.39, 0.29) is 17.6 Å². The van der Waals surface area contributed by atoms with Crippen LogP contribution in [0.25, 0.3) is 10.9 Å². The summed E-state index contributed by atoms with van der Waals surface area (Å²) >= 11 is 0. The van der Waals surface area contributed by atoms with Crippen molar-refractivity contribution in [1.29, 1.82) is 0 Å². The van der Waals surface area contributed by atoms with Gasteiger partial charge < -0.3 is 10.6 Å². The Labute approximate surface area is 122 Å². The summed E-state index contributed by atoms with van der Waals surface area (Å²) in [6, 6.07) is 4.63. The molecule has 5 heteroatoms. The Morgan fingerprint density at radius 1 is 1.43 bits per heavy atom. The standard InChI is InChI=1S/C16H18FN3O/c1-9-10(2)19-14-4-3-12(17)7-13(14)15(9)20-6-5-11(8-20)16(18)21/h3-4,7,11H,5-6,8H2,1-2H3,(H2,18,21)/t11-/m0/s1. The van der Waals surface area contributed by atoms with Crippen molar-refractivity contribution in [2.45, 2.75) is 20.3 Å². The number of carbonyl (C=O) groups is 1. The first-order valence-corrected chi connectivity index (χ1v) is 7.08. The number of hydrogen-bond donors (Lipinski definition) is 1. The normalized spacial score (nSPS) is 18.4. The van der Waals surface area contributed by atoms with E-state index in [1.807, 2.05) is 13.8 Å². The summed E-state index contributed by atoms with van der Waals surface area (Å²) in [6.45, 7) is 5.28. The highest BCUT2D eigenvalue weighted by Gasteiger charge is 2.29. The lowest BCUT2D eigenvalue weighted by Crippen LogP contribution is -2.28. The van der Waals surface area contributed by atoms with E-state index in [0.29, 0.717) is 6.54 Å². The van der Waals surface area contributed by atoms with Crippen molar-refractivity contribution in [3.63, 3.8) is 0 Å². The van der Waals surface area contributed by atoms with Gasteiger partial charge in [0.1, 0.15) is 5.82 Å². The molecule has 2 heterocycles. The molecule has 1 aromatic carbocycles. The number of halogens is 1. The summed E-state index contributed by atoms with van der Waals surface area (Å²) in [5, 5.41) is 0.795. The molecule has 1 atom stereocenters. The monoisotopic (exact) mass is 287 g/mol.